The highest BCUT2D eigenvalue weighted by Crippen LogP contribution is 2.11. The molecule has 0 fully saturated rings. The van der Waals surface area contributed by atoms with Gasteiger partial charge in [0.1, 0.15) is 0 Å². The fourth-order valence-corrected chi connectivity index (χ4v) is 1.34. The summed E-state index contributed by atoms with van der Waals surface area (Å²) in [7, 11) is 0. The molecule has 0 amide bonds. The predicted octanol–water partition coefficient (Wildman–Crippen LogP) is 1.69. The molecule has 0 spiro atoms. The SMILES string of the molecule is Cc1ccc([CH](C)[AlH2])cc1. The van der Waals surface area contributed by atoms with Crippen molar-refractivity contribution in [3.63, 3.8) is 0 Å². The zero-order valence-electron chi connectivity index (χ0n) is 6.89. The van der Waals surface area contributed by atoms with E-state index in [1.807, 2.05) is 0 Å². The fraction of sp³-hybridized carbons (Fsp3) is 0.333. The van der Waals surface area contributed by atoms with Crippen molar-refractivity contribution in [2.24, 2.45) is 0 Å². The van der Waals surface area contributed by atoms with E-state index < -0.39 is 0 Å². The lowest BCUT2D eigenvalue weighted by atomic mass is 10.1. The number of benzene rings is 1. The van der Waals surface area contributed by atoms with E-state index in [-0.39, 0.29) is 0 Å². The van der Waals surface area contributed by atoms with Crippen LogP contribution in [0.4, 0.5) is 0 Å². The monoisotopic (exact) mass is 148 g/mol. The van der Waals surface area contributed by atoms with Crippen LogP contribution in [0.3, 0.4) is 0 Å². The Morgan fingerprint density at radius 1 is 1.20 bits per heavy atom. The summed E-state index contributed by atoms with van der Waals surface area (Å²) in [5.74, 6) is 0. The number of hydrogen-bond acceptors (Lipinski definition) is 0. The molecule has 10 heavy (non-hydrogen) atoms. The standard InChI is InChI=1S/C9H11.Al.2H/c1-3-9-6-4-8(2)5-7-9;;;/h3-7H,1-2H3;;;. The Hall–Kier alpha value is -0.248. The Balaban J connectivity index is 2.89. The minimum atomic E-state index is 0.792. The van der Waals surface area contributed by atoms with Crippen LogP contribution in [0, 0.1) is 6.92 Å². The molecule has 1 atom stereocenters. The first-order chi connectivity index (χ1) is 4.70. The topological polar surface area (TPSA) is 0 Å². The predicted molar refractivity (Wildman–Crippen MR) is 48.1 cm³/mol. The number of aryl methyl sites for hydroxylation is 1. The molecular weight excluding hydrogens is 135 g/mol. The van der Waals surface area contributed by atoms with Gasteiger partial charge in [0.15, 0.2) is 0 Å². The average molecular weight is 148 g/mol. The first-order valence-corrected chi connectivity index (χ1v) is 4.92. The lowest BCUT2D eigenvalue weighted by molar-refractivity contribution is 1.08. The first-order valence-electron chi connectivity index (χ1n) is 3.76. The van der Waals surface area contributed by atoms with Gasteiger partial charge in [0.2, 0.25) is 16.3 Å². The van der Waals surface area contributed by atoms with Crippen LogP contribution in [0.1, 0.15) is 22.8 Å². The molecule has 1 aromatic carbocycles. The highest BCUT2D eigenvalue weighted by Gasteiger charge is 1.95. The van der Waals surface area contributed by atoms with Crippen molar-refractivity contribution >= 4 is 16.3 Å². The first kappa shape index (κ1) is 7.86. The van der Waals surface area contributed by atoms with Gasteiger partial charge in [-0.15, -0.1) is 0 Å². The van der Waals surface area contributed by atoms with Crippen molar-refractivity contribution in [3.8, 4) is 0 Å². The Morgan fingerprint density at radius 2 is 1.70 bits per heavy atom. The minimum absolute atomic E-state index is 0.792. The second kappa shape index (κ2) is 3.23. The molecule has 1 unspecified atom stereocenters. The summed E-state index contributed by atoms with van der Waals surface area (Å²) in [5, 5.41) is 0. The van der Waals surface area contributed by atoms with Gasteiger partial charge in [0.05, 0.1) is 0 Å². The van der Waals surface area contributed by atoms with Crippen LogP contribution in [0.2, 0.25) is 0 Å². The van der Waals surface area contributed by atoms with Crippen molar-refractivity contribution in [2.75, 3.05) is 0 Å². The van der Waals surface area contributed by atoms with Crippen LogP contribution in [0.15, 0.2) is 24.3 Å². The summed E-state index contributed by atoms with van der Waals surface area (Å²) in [6, 6.07) is 8.83. The summed E-state index contributed by atoms with van der Waals surface area (Å²) < 4.78 is 0.792. The van der Waals surface area contributed by atoms with Gasteiger partial charge >= 0.3 is 0 Å². The summed E-state index contributed by atoms with van der Waals surface area (Å²) in [6.45, 7) is 4.40. The van der Waals surface area contributed by atoms with E-state index in [4.69, 9.17) is 0 Å². The lowest BCUT2D eigenvalue weighted by Gasteiger charge is -2.03. The molecule has 0 heterocycles. The molecule has 0 bridgehead atoms. The van der Waals surface area contributed by atoms with E-state index in [0.29, 0.717) is 0 Å². The second-order valence-electron chi connectivity index (χ2n) is 3.07. The maximum Gasteiger partial charge on any atom is 0.222 e. The summed E-state index contributed by atoms with van der Waals surface area (Å²) in [4.78, 5) is 0. The third-order valence-electron chi connectivity index (χ3n) is 1.74. The molecule has 1 aromatic rings. The summed E-state index contributed by atoms with van der Waals surface area (Å²) in [5.41, 5.74) is 2.84. The van der Waals surface area contributed by atoms with Crippen LogP contribution < -0.4 is 0 Å². The molecule has 0 radical (unpaired) electrons. The molecular formula is C9H13Al. The maximum absolute atomic E-state index is 2.27. The van der Waals surface area contributed by atoms with Gasteiger partial charge in [-0.2, -0.15) is 0 Å². The normalized spacial score (nSPS) is 13.0. The van der Waals surface area contributed by atoms with Crippen LogP contribution in [-0.2, 0) is 0 Å². The number of rotatable bonds is 1. The fourth-order valence-electron chi connectivity index (χ4n) is 0.951. The third-order valence-corrected chi connectivity index (χ3v) is 2.41. The molecule has 0 saturated heterocycles. The molecule has 0 aromatic heterocycles. The van der Waals surface area contributed by atoms with Crippen molar-refractivity contribution in [3.05, 3.63) is 35.4 Å². The van der Waals surface area contributed by atoms with Crippen molar-refractivity contribution in [1.29, 1.82) is 0 Å². The molecule has 0 aliphatic rings. The molecule has 0 aliphatic heterocycles. The van der Waals surface area contributed by atoms with E-state index in [9.17, 15) is 0 Å². The summed E-state index contributed by atoms with van der Waals surface area (Å²) in [6.07, 6.45) is 0. The molecule has 1 rings (SSSR count). The Labute approximate surface area is 70.7 Å². The Bertz CT molecular complexity index is 198. The van der Waals surface area contributed by atoms with Crippen LogP contribution in [0.5, 0.6) is 0 Å². The quantitative estimate of drug-likeness (QED) is 0.532. The van der Waals surface area contributed by atoms with Gasteiger partial charge in [0, 0.05) is 0 Å². The molecule has 0 saturated carbocycles. The molecule has 52 valence electrons. The Kier molecular flexibility index (Phi) is 2.54. The van der Waals surface area contributed by atoms with E-state index in [1.54, 1.807) is 0 Å². The zero-order chi connectivity index (χ0) is 7.56. The maximum atomic E-state index is 2.27. The van der Waals surface area contributed by atoms with Crippen molar-refractivity contribution < 1.29 is 0 Å². The van der Waals surface area contributed by atoms with Gasteiger partial charge in [-0.25, -0.2) is 0 Å². The molecule has 0 nitrogen and oxygen atoms in total. The van der Waals surface area contributed by atoms with Crippen LogP contribution >= 0.6 is 0 Å². The van der Waals surface area contributed by atoms with Gasteiger partial charge in [-0.05, 0) is 6.92 Å². The van der Waals surface area contributed by atoms with E-state index >= 15 is 0 Å². The van der Waals surface area contributed by atoms with Crippen LogP contribution in [-0.4, -0.2) is 16.3 Å². The zero-order valence-corrected chi connectivity index (χ0v) is 8.89. The highest BCUT2D eigenvalue weighted by atomic mass is 27.0. The van der Waals surface area contributed by atoms with Crippen molar-refractivity contribution in [1.82, 2.24) is 0 Å². The van der Waals surface area contributed by atoms with E-state index in [1.165, 1.54) is 27.4 Å². The van der Waals surface area contributed by atoms with Gasteiger partial charge in [0.25, 0.3) is 0 Å². The van der Waals surface area contributed by atoms with Gasteiger partial charge in [-0.3, -0.25) is 0 Å². The van der Waals surface area contributed by atoms with Gasteiger partial charge in [-0.1, -0.05) is 47.1 Å². The molecule has 0 N–H and O–H groups in total. The highest BCUT2D eigenvalue weighted by molar-refractivity contribution is 6.12. The average Bonchev–Trinajstić information content (AvgIpc) is 1.88. The largest absolute Gasteiger partial charge is 0.222 e. The third kappa shape index (κ3) is 1.87. The minimum Gasteiger partial charge on any atom is -0.0712 e. The molecule has 1 heteroatoms. The van der Waals surface area contributed by atoms with E-state index in [0.717, 1.165) is 4.78 Å². The second-order valence-corrected chi connectivity index (χ2v) is 4.80. The smallest absolute Gasteiger partial charge is 0.0712 e. The molecule has 0 aliphatic carbocycles. The number of hydrogen-bond donors (Lipinski definition) is 0. The Morgan fingerprint density at radius 3 is 2.10 bits per heavy atom. The van der Waals surface area contributed by atoms with Gasteiger partial charge < -0.3 is 0 Å². The van der Waals surface area contributed by atoms with Crippen molar-refractivity contribution in [2.45, 2.75) is 18.6 Å². The van der Waals surface area contributed by atoms with Crippen LogP contribution in [0.25, 0.3) is 0 Å². The van der Waals surface area contributed by atoms with E-state index in [2.05, 4.69) is 38.1 Å². The lowest BCUT2D eigenvalue weighted by Crippen LogP contribution is -1.90. The summed E-state index contributed by atoms with van der Waals surface area (Å²) >= 11 is 1.25.